The standard InChI is InChI=1S/C23H29N5OS/c1-30-19-9-7-16(8-10-19)21-22(26-18-5-3-2-4-6-18)28-14-11-17(15-20(28)27-21)23(29)25-13-12-24/h7-11,14-15,18,26H,2-6,12-13,24H2,1H3,(H,25,29). The number of thioether (sulfide) groups is 1. The van der Waals surface area contributed by atoms with Gasteiger partial charge in [-0.05, 0) is 43.4 Å². The summed E-state index contributed by atoms with van der Waals surface area (Å²) in [6, 6.07) is 12.6. The third-order valence-electron chi connectivity index (χ3n) is 5.63. The number of aromatic nitrogens is 2. The van der Waals surface area contributed by atoms with Crippen LogP contribution in [0.4, 0.5) is 5.82 Å². The van der Waals surface area contributed by atoms with E-state index in [0.717, 1.165) is 22.7 Å². The van der Waals surface area contributed by atoms with Crippen LogP contribution in [0.3, 0.4) is 0 Å². The summed E-state index contributed by atoms with van der Waals surface area (Å²) in [6.45, 7) is 0.878. The lowest BCUT2D eigenvalue weighted by Crippen LogP contribution is -2.29. The molecule has 1 fully saturated rings. The number of fused-ring (bicyclic) bond motifs is 1. The zero-order valence-electron chi connectivity index (χ0n) is 17.4. The molecule has 0 saturated heterocycles. The highest BCUT2D eigenvalue weighted by atomic mass is 32.2. The number of amides is 1. The second-order valence-electron chi connectivity index (χ2n) is 7.70. The molecule has 1 amide bonds. The van der Waals surface area contributed by atoms with Crippen molar-refractivity contribution in [2.24, 2.45) is 5.73 Å². The van der Waals surface area contributed by atoms with Crippen LogP contribution in [-0.2, 0) is 0 Å². The molecule has 1 aromatic carbocycles. The summed E-state index contributed by atoms with van der Waals surface area (Å²) in [4.78, 5) is 18.5. The van der Waals surface area contributed by atoms with Crippen molar-refractivity contribution in [3.63, 3.8) is 0 Å². The largest absolute Gasteiger partial charge is 0.367 e. The van der Waals surface area contributed by atoms with Crippen LogP contribution in [0, 0.1) is 0 Å². The molecule has 0 spiro atoms. The lowest BCUT2D eigenvalue weighted by atomic mass is 9.95. The van der Waals surface area contributed by atoms with E-state index in [1.54, 1.807) is 11.8 Å². The molecule has 4 N–H and O–H groups in total. The minimum absolute atomic E-state index is 0.126. The maximum Gasteiger partial charge on any atom is 0.251 e. The molecule has 0 atom stereocenters. The number of carbonyl (C=O) groups is 1. The van der Waals surface area contributed by atoms with Crippen LogP contribution in [0.2, 0.25) is 0 Å². The highest BCUT2D eigenvalue weighted by Crippen LogP contribution is 2.32. The molecule has 0 bridgehead atoms. The van der Waals surface area contributed by atoms with Gasteiger partial charge >= 0.3 is 0 Å². The van der Waals surface area contributed by atoms with E-state index in [0.29, 0.717) is 24.7 Å². The van der Waals surface area contributed by atoms with Gasteiger partial charge in [0, 0.05) is 41.4 Å². The highest BCUT2D eigenvalue weighted by Gasteiger charge is 2.20. The predicted octanol–water partition coefficient (Wildman–Crippen LogP) is 4.16. The summed E-state index contributed by atoms with van der Waals surface area (Å²) >= 11 is 1.73. The second kappa shape index (κ2) is 9.53. The fraction of sp³-hybridized carbons (Fsp3) is 0.391. The van der Waals surface area contributed by atoms with Gasteiger partial charge in [0.15, 0.2) is 0 Å². The van der Waals surface area contributed by atoms with Crippen molar-refractivity contribution in [3.8, 4) is 11.3 Å². The van der Waals surface area contributed by atoms with Crippen molar-refractivity contribution < 1.29 is 4.79 Å². The number of benzene rings is 1. The van der Waals surface area contributed by atoms with Crippen LogP contribution in [0.1, 0.15) is 42.5 Å². The van der Waals surface area contributed by atoms with E-state index in [-0.39, 0.29) is 5.91 Å². The van der Waals surface area contributed by atoms with Gasteiger partial charge in [-0.2, -0.15) is 0 Å². The molecule has 0 aliphatic heterocycles. The molecule has 4 rings (SSSR count). The molecule has 158 valence electrons. The Hall–Kier alpha value is -2.51. The number of hydrogen-bond acceptors (Lipinski definition) is 5. The zero-order valence-corrected chi connectivity index (χ0v) is 18.2. The first-order chi connectivity index (χ1) is 14.7. The monoisotopic (exact) mass is 423 g/mol. The Balaban J connectivity index is 1.74. The lowest BCUT2D eigenvalue weighted by molar-refractivity contribution is 0.0954. The minimum Gasteiger partial charge on any atom is -0.367 e. The number of anilines is 1. The van der Waals surface area contributed by atoms with Crippen LogP contribution >= 0.6 is 11.8 Å². The van der Waals surface area contributed by atoms with E-state index in [1.165, 1.54) is 37.0 Å². The summed E-state index contributed by atoms with van der Waals surface area (Å²) in [5, 5.41) is 6.59. The molecule has 2 aromatic heterocycles. The Morgan fingerprint density at radius 1 is 1.20 bits per heavy atom. The molecule has 30 heavy (non-hydrogen) atoms. The van der Waals surface area contributed by atoms with E-state index in [4.69, 9.17) is 10.7 Å². The van der Waals surface area contributed by atoms with Gasteiger partial charge in [0.05, 0.1) is 0 Å². The number of nitrogens with zero attached hydrogens (tertiary/aromatic N) is 2. The molecule has 0 unspecified atom stereocenters. The average molecular weight is 424 g/mol. The van der Waals surface area contributed by atoms with Gasteiger partial charge in [-0.1, -0.05) is 31.4 Å². The number of rotatable bonds is 7. The van der Waals surface area contributed by atoms with E-state index in [1.807, 2.05) is 18.3 Å². The number of imidazole rings is 1. The molecule has 1 saturated carbocycles. The maximum atomic E-state index is 12.4. The topological polar surface area (TPSA) is 84.5 Å². The van der Waals surface area contributed by atoms with Crippen molar-refractivity contribution in [1.29, 1.82) is 0 Å². The third kappa shape index (κ3) is 4.47. The average Bonchev–Trinajstić information content (AvgIpc) is 3.15. The van der Waals surface area contributed by atoms with Crippen LogP contribution in [-0.4, -0.2) is 40.7 Å². The summed E-state index contributed by atoms with van der Waals surface area (Å²) in [5.41, 5.74) is 8.85. The van der Waals surface area contributed by atoms with Crippen LogP contribution in [0.5, 0.6) is 0 Å². The molecule has 1 aliphatic rings. The lowest BCUT2D eigenvalue weighted by Gasteiger charge is -2.24. The third-order valence-corrected chi connectivity index (χ3v) is 6.37. The molecular formula is C23H29N5OS. The Kier molecular flexibility index (Phi) is 6.59. The van der Waals surface area contributed by atoms with Crippen molar-refractivity contribution >= 4 is 29.1 Å². The maximum absolute atomic E-state index is 12.4. The molecule has 3 aromatic rings. The molecule has 6 nitrogen and oxygen atoms in total. The number of pyridine rings is 1. The zero-order chi connectivity index (χ0) is 20.9. The van der Waals surface area contributed by atoms with E-state index in [2.05, 4.69) is 45.6 Å². The summed E-state index contributed by atoms with van der Waals surface area (Å²) in [6.07, 6.45) is 10.2. The predicted molar refractivity (Wildman–Crippen MR) is 124 cm³/mol. The normalized spacial score (nSPS) is 14.7. The van der Waals surface area contributed by atoms with Crippen molar-refractivity contribution in [1.82, 2.24) is 14.7 Å². The number of nitrogens with one attached hydrogen (secondary N) is 2. The number of nitrogens with two attached hydrogens (primary N) is 1. The minimum atomic E-state index is -0.126. The first-order valence-electron chi connectivity index (χ1n) is 10.6. The van der Waals surface area contributed by atoms with Gasteiger partial charge in [0.1, 0.15) is 17.2 Å². The van der Waals surface area contributed by atoms with Gasteiger partial charge in [-0.15, -0.1) is 11.8 Å². The van der Waals surface area contributed by atoms with Crippen molar-refractivity contribution in [2.45, 2.75) is 43.0 Å². The first-order valence-corrected chi connectivity index (χ1v) is 11.8. The highest BCUT2D eigenvalue weighted by molar-refractivity contribution is 7.98. The van der Waals surface area contributed by atoms with Crippen LogP contribution < -0.4 is 16.4 Å². The molecule has 0 radical (unpaired) electrons. The Morgan fingerprint density at radius 2 is 1.97 bits per heavy atom. The Labute approximate surface area is 181 Å². The number of carbonyl (C=O) groups excluding carboxylic acids is 1. The smallest absolute Gasteiger partial charge is 0.251 e. The summed E-state index contributed by atoms with van der Waals surface area (Å²) < 4.78 is 2.06. The van der Waals surface area contributed by atoms with Gasteiger partial charge in [-0.25, -0.2) is 4.98 Å². The summed E-state index contributed by atoms with van der Waals surface area (Å²) in [7, 11) is 0. The molecule has 7 heteroatoms. The van der Waals surface area contributed by atoms with Crippen molar-refractivity contribution in [2.75, 3.05) is 24.7 Å². The molecule has 2 heterocycles. The van der Waals surface area contributed by atoms with Crippen molar-refractivity contribution in [3.05, 3.63) is 48.2 Å². The molecule has 1 aliphatic carbocycles. The fourth-order valence-corrected chi connectivity index (χ4v) is 4.41. The second-order valence-corrected chi connectivity index (χ2v) is 8.58. The Morgan fingerprint density at radius 3 is 2.67 bits per heavy atom. The number of hydrogen-bond donors (Lipinski definition) is 3. The quantitative estimate of drug-likeness (QED) is 0.497. The van der Waals surface area contributed by atoms with E-state index >= 15 is 0 Å². The SMILES string of the molecule is CSc1ccc(-c2nc3cc(C(=O)NCCN)ccn3c2NC2CCCCC2)cc1. The van der Waals surface area contributed by atoms with Gasteiger partial charge in [0.2, 0.25) is 0 Å². The van der Waals surface area contributed by atoms with E-state index < -0.39 is 0 Å². The van der Waals surface area contributed by atoms with Crippen LogP contribution in [0.25, 0.3) is 16.9 Å². The van der Waals surface area contributed by atoms with E-state index in [9.17, 15) is 4.79 Å². The fourth-order valence-electron chi connectivity index (χ4n) is 4.00. The van der Waals surface area contributed by atoms with Crippen LogP contribution in [0.15, 0.2) is 47.5 Å². The van der Waals surface area contributed by atoms with Gasteiger partial charge < -0.3 is 16.4 Å². The first kappa shape index (κ1) is 20.8. The van der Waals surface area contributed by atoms with Gasteiger partial charge in [-0.3, -0.25) is 9.20 Å². The molecular weight excluding hydrogens is 394 g/mol. The van der Waals surface area contributed by atoms with Gasteiger partial charge in [0.25, 0.3) is 5.91 Å². The summed E-state index contributed by atoms with van der Waals surface area (Å²) in [5.74, 6) is 0.876. The Bertz CT molecular complexity index is 1010.